The molecule has 1 aromatic heterocycles. The fourth-order valence-corrected chi connectivity index (χ4v) is 4.69. The number of aromatic nitrogens is 1. The molecule has 2 aliphatic rings. The van der Waals surface area contributed by atoms with Crippen molar-refractivity contribution in [1.29, 1.82) is 5.26 Å². The van der Waals surface area contributed by atoms with E-state index < -0.39 is 0 Å². The van der Waals surface area contributed by atoms with E-state index in [2.05, 4.69) is 10.3 Å². The molecular weight excluding hydrogens is 534 g/mol. The number of carbonyl (C=O) groups excluding carboxylic acids is 3. The Bertz CT molecular complexity index is 1260. The number of benzene rings is 1. The second-order valence-electron chi connectivity index (χ2n) is 9.20. The highest BCUT2D eigenvalue weighted by Gasteiger charge is 2.38. The fraction of sp³-hybridized carbons (Fsp3) is 0.429. The first-order valence-corrected chi connectivity index (χ1v) is 13.0. The molecule has 3 heterocycles. The van der Waals surface area contributed by atoms with Gasteiger partial charge in [-0.05, 0) is 43.2 Å². The summed E-state index contributed by atoms with van der Waals surface area (Å²) in [5.41, 5.74) is 1.39. The number of pyridine rings is 1. The molecule has 13 heteroatoms. The van der Waals surface area contributed by atoms with Crippen LogP contribution in [0.4, 0.5) is 0 Å². The minimum absolute atomic E-state index is 0.0260. The first-order chi connectivity index (χ1) is 19.8. The molecule has 1 fully saturated rings. The van der Waals surface area contributed by atoms with Crippen molar-refractivity contribution in [2.75, 3.05) is 53.1 Å². The third-order valence-corrected chi connectivity index (χ3v) is 6.64. The molecule has 0 unspecified atom stereocenters. The van der Waals surface area contributed by atoms with E-state index in [-0.39, 0.29) is 67.1 Å². The molecule has 0 radical (unpaired) electrons. The van der Waals surface area contributed by atoms with Gasteiger partial charge < -0.3 is 34.4 Å². The minimum Gasteiger partial charge on any atom is -0.493 e. The molecule has 0 aliphatic carbocycles. The van der Waals surface area contributed by atoms with Crippen LogP contribution >= 0.6 is 0 Å². The summed E-state index contributed by atoms with van der Waals surface area (Å²) in [4.78, 5) is 54.6. The summed E-state index contributed by atoms with van der Waals surface area (Å²) in [7, 11) is 1.56. The number of nitrogens with one attached hydrogen (secondary N) is 1. The number of ether oxygens (including phenoxy) is 3. The van der Waals surface area contributed by atoms with Crippen LogP contribution in [0.5, 0.6) is 11.5 Å². The molecule has 13 nitrogen and oxygen atoms in total. The van der Waals surface area contributed by atoms with Crippen molar-refractivity contribution < 1.29 is 38.5 Å². The molecule has 2 atom stereocenters. The number of rotatable bonds is 5. The van der Waals surface area contributed by atoms with Gasteiger partial charge in [-0.2, -0.15) is 5.26 Å². The quantitative estimate of drug-likeness (QED) is 0.497. The first-order valence-electron chi connectivity index (χ1n) is 13.0. The highest BCUT2D eigenvalue weighted by molar-refractivity contribution is 5.96. The molecule has 2 aromatic rings. The maximum atomic E-state index is 13.2. The Kier molecular flexibility index (Phi) is 11.4. The molecule has 3 amide bonds. The summed E-state index contributed by atoms with van der Waals surface area (Å²) in [5.74, 6) is 0.0884. The summed E-state index contributed by atoms with van der Waals surface area (Å²) < 4.78 is 16.8. The third kappa shape index (κ3) is 8.15. The highest BCUT2D eigenvalue weighted by Crippen LogP contribution is 2.35. The van der Waals surface area contributed by atoms with Crippen molar-refractivity contribution >= 4 is 24.2 Å². The van der Waals surface area contributed by atoms with E-state index >= 15 is 0 Å². The number of methoxy groups -OCH3 is 1. The van der Waals surface area contributed by atoms with E-state index in [1.165, 1.54) is 23.2 Å². The number of carboxylic acid groups (broad SMARTS) is 1. The fourth-order valence-electron chi connectivity index (χ4n) is 4.69. The average molecular weight is 568 g/mol. The number of hydrogen-bond donors (Lipinski definition) is 2. The van der Waals surface area contributed by atoms with Crippen LogP contribution in [0.2, 0.25) is 0 Å². The number of nitrogens with zero attached hydrogens (tertiary/aromatic N) is 4. The van der Waals surface area contributed by atoms with Gasteiger partial charge in [0, 0.05) is 38.4 Å². The van der Waals surface area contributed by atoms with E-state index in [4.69, 9.17) is 29.4 Å². The summed E-state index contributed by atoms with van der Waals surface area (Å²) in [6.07, 6.45) is 1.81. The number of carbonyl (C=O) groups is 4. The van der Waals surface area contributed by atoms with E-state index in [0.717, 1.165) is 5.56 Å². The summed E-state index contributed by atoms with van der Waals surface area (Å²) in [6, 6.07) is 10.2. The summed E-state index contributed by atoms with van der Waals surface area (Å²) in [6.45, 7) is 3.09. The van der Waals surface area contributed by atoms with Crippen LogP contribution < -0.4 is 14.8 Å². The Balaban J connectivity index is 0.00000147. The van der Waals surface area contributed by atoms with Crippen LogP contribution in [-0.4, -0.2) is 103 Å². The number of nitriles is 1. The van der Waals surface area contributed by atoms with Crippen LogP contribution in [0.25, 0.3) is 0 Å². The topological polar surface area (TPSA) is 171 Å². The Labute approximate surface area is 237 Å². The molecule has 218 valence electrons. The van der Waals surface area contributed by atoms with E-state index in [1.54, 1.807) is 12.0 Å². The molecule has 0 spiro atoms. The van der Waals surface area contributed by atoms with Crippen LogP contribution in [0.3, 0.4) is 0 Å². The Morgan fingerprint density at radius 1 is 1.27 bits per heavy atom. The van der Waals surface area contributed by atoms with Gasteiger partial charge in [-0.15, -0.1) is 0 Å². The third-order valence-electron chi connectivity index (χ3n) is 6.64. The van der Waals surface area contributed by atoms with Crippen molar-refractivity contribution in [3.05, 3.63) is 53.3 Å². The Hall–Kier alpha value is -4.70. The van der Waals surface area contributed by atoms with Crippen LogP contribution in [0, 0.1) is 11.3 Å². The monoisotopic (exact) mass is 567 g/mol. The molecular formula is C28H33N5O8. The summed E-state index contributed by atoms with van der Waals surface area (Å²) >= 11 is 0. The molecule has 0 saturated carbocycles. The zero-order chi connectivity index (χ0) is 29.8. The van der Waals surface area contributed by atoms with E-state index in [0.29, 0.717) is 44.2 Å². The van der Waals surface area contributed by atoms with E-state index in [9.17, 15) is 14.4 Å². The Morgan fingerprint density at radius 2 is 2.05 bits per heavy atom. The lowest BCUT2D eigenvalue weighted by Gasteiger charge is -2.24. The second-order valence-corrected chi connectivity index (χ2v) is 9.20. The van der Waals surface area contributed by atoms with Gasteiger partial charge in [0.25, 0.3) is 12.4 Å². The molecule has 2 N–H and O–H groups in total. The van der Waals surface area contributed by atoms with Gasteiger partial charge in [-0.25, -0.2) is 4.98 Å². The standard InChI is InChI=1S/C27H31N5O6.CH2O2/c1-3-37-17-26(34)32-14-21-18-6-8-23(36-2)24(11-18)38-10-4-9-31(16-25(33)30-22(21)15-32)27(35)19-5-7-20(12-28)29-13-19;2-1-3/h5-8,11,13,21-22H,3-4,9-10,14-17H2,1-2H3,(H,30,33);1H,(H,2,3)/t21-,22+;/m1./s1. The maximum absolute atomic E-state index is 13.2. The smallest absolute Gasteiger partial charge is 0.290 e. The van der Waals surface area contributed by atoms with Gasteiger partial charge in [0.15, 0.2) is 11.5 Å². The number of fused-ring (bicyclic) bond motifs is 4. The van der Waals surface area contributed by atoms with Crippen molar-refractivity contribution in [3.63, 3.8) is 0 Å². The predicted molar refractivity (Wildman–Crippen MR) is 144 cm³/mol. The van der Waals surface area contributed by atoms with Crippen molar-refractivity contribution in [3.8, 4) is 17.6 Å². The van der Waals surface area contributed by atoms with Crippen molar-refractivity contribution in [2.24, 2.45) is 0 Å². The van der Waals surface area contributed by atoms with Gasteiger partial charge in [0.1, 0.15) is 18.4 Å². The van der Waals surface area contributed by atoms with Crippen molar-refractivity contribution in [2.45, 2.75) is 25.3 Å². The van der Waals surface area contributed by atoms with Crippen LogP contribution in [0.15, 0.2) is 36.5 Å². The lowest BCUT2D eigenvalue weighted by Crippen LogP contribution is -2.47. The van der Waals surface area contributed by atoms with Gasteiger partial charge in [-0.1, -0.05) is 6.07 Å². The molecule has 1 aromatic carbocycles. The first kappa shape index (κ1) is 30.8. The van der Waals surface area contributed by atoms with Gasteiger partial charge >= 0.3 is 0 Å². The Morgan fingerprint density at radius 3 is 2.71 bits per heavy atom. The largest absolute Gasteiger partial charge is 0.493 e. The zero-order valence-corrected chi connectivity index (χ0v) is 22.9. The number of likely N-dealkylation sites (tertiary alicyclic amines) is 1. The summed E-state index contributed by atoms with van der Waals surface area (Å²) in [5, 5.41) is 18.9. The minimum atomic E-state index is -0.373. The number of amides is 3. The average Bonchev–Trinajstić information content (AvgIpc) is 3.40. The van der Waals surface area contributed by atoms with Gasteiger partial charge in [-0.3, -0.25) is 19.2 Å². The highest BCUT2D eigenvalue weighted by atomic mass is 16.5. The van der Waals surface area contributed by atoms with Crippen LogP contribution in [0.1, 0.15) is 40.9 Å². The molecule has 2 aliphatic heterocycles. The SMILES string of the molecule is CCOCC(=O)N1C[C@@H]2NC(=O)CN(C(=O)c3ccc(C#N)nc3)CCCOc3cc(ccc3OC)[C@H]2C1.O=CO. The normalized spacial score (nSPS) is 18.4. The lowest BCUT2D eigenvalue weighted by atomic mass is 9.94. The van der Waals surface area contributed by atoms with Crippen LogP contribution in [-0.2, 0) is 19.1 Å². The molecule has 1 saturated heterocycles. The zero-order valence-electron chi connectivity index (χ0n) is 22.9. The second kappa shape index (κ2) is 15.2. The number of hydrogen-bond acceptors (Lipinski definition) is 9. The molecule has 41 heavy (non-hydrogen) atoms. The predicted octanol–water partition coefficient (Wildman–Crippen LogP) is 1.03. The molecule has 2 bridgehead atoms. The van der Waals surface area contributed by atoms with Gasteiger partial charge in [0.2, 0.25) is 11.8 Å². The maximum Gasteiger partial charge on any atom is 0.290 e. The lowest BCUT2D eigenvalue weighted by molar-refractivity contribution is -0.135. The van der Waals surface area contributed by atoms with E-state index in [1.807, 2.05) is 31.2 Å². The molecule has 4 rings (SSSR count). The van der Waals surface area contributed by atoms with Crippen molar-refractivity contribution in [1.82, 2.24) is 20.1 Å². The van der Waals surface area contributed by atoms with Gasteiger partial charge in [0.05, 0.1) is 31.9 Å².